The third-order valence-electron chi connectivity index (χ3n) is 5.72. The van der Waals surface area contributed by atoms with Crippen LogP contribution in [0.25, 0.3) is 11.0 Å². The molecule has 0 saturated carbocycles. The molecule has 2 aromatic carbocycles. The second-order valence-corrected chi connectivity index (χ2v) is 11.3. The number of carbonyl (C=O) groups is 2. The zero-order valence-corrected chi connectivity index (χ0v) is 25.8. The minimum Gasteiger partial charge on any atom is -0.494 e. The smallest absolute Gasteiger partial charge is 0.320 e. The molecule has 232 valence electrons. The molecule has 0 aliphatic carbocycles. The Morgan fingerprint density at radius 3 is 2.19 bits per heavy atom. The van der Waals surface area contributed by atoms with E-state index < -0.39 is 10.1 Å². The van der Waals surface area contributed by atoms with Gasteiger partial charge in [0.15, 0.2) is 22.9 Å². The van der Waals surface area contributed by atoms with E-state index in [9.17, 15) is 18.0 Å². The lowest BCUT2D eigenvalue weighted by Gasteiger charge is -2.31. The Morgan fingerprint density at radius 1 is 1.00 bits per heavy atom. The van der Waals surface area contributed by atoms with Crippen LogP contribution < -0.4 is 24.8 Å². The molecule has 3 rings (SSSR count). The molecular formula is C28H40N4O9S. The average molecular weight is 609 g/mol. The summed E-state index contributed by atoms with van der Waals surface area (Å²) in [4.78, 5) is 26.4. The lowest BCUT2D eigenvalue weighted by Crippen LogP contribution is -2.42. The van der Waals surface area contributed by atoms with Crippen molar-refractivity contribution >= 4 is 38.8 Å². The van der Waals surface area contributed by atoms with Gasteiger partial charge in [0.05, 0.1) is 32.0 Å². The van der Waals surface area contributed by atoms with Crippen LogP contribution in [-0.2, 0) is 10.1 Å². The van der Waals surface area contributed by atoms with Crippen LogP contribution in [0.15, 0.2) is 40.9 Å². The van der Waals surface area contributed by atoms with Crippen LogP contribution in [0.5, 0.6) is 17.2 Å². The second kappa shape index (κ2) is 15.8. The molecule has 0 bridgehead atoms. The van der Waals surface area contributed by atoms with E-state index in [-0.39, 0.29) is 24.0 Å². The number of benzene rings is 2. The van der Waals surface area contributed by atoms with E-state index in [1.54, 1.807) is 43.5 Å². The van der Waals surface area contributed by atoms with Crippen LogP contribution in [0.2, 0.25) is 0 Å². The van der Waals surface area contributed by atoms with Crippen molar-refractivity contribution in [2.24, 2.45) is 0 Å². The molecule has 1 heterocycles. The van der Waals surface area contributed by atoms with Gasteiger partial charge in [0, 0.05) is 24.7 Å². The molecule has 42 heavy (non-hydrogen) atoms. The first kappa shape index (κ1) is 34.2. The maximum atomic E-state index is 13.0. The molecule has 1 aromatic heterocycles. The van der Waals surface area contributed by atoms with Crippen LogP contribution in [-0.4, -0.2) is 80.7 Å². The Bertz CT molecular complexity index is 1420. The van der Waals surface area contributed by atoms with Gasteiger partial charge in [0.1, 0.15) is 5.75 Å². The summed E-state index contributed by atoms with van der Waals surface area (Å²) in [5.41, 5.74) is 1.12. The number of nitrogens with one attached hydrogen (secondary N) is 2. The van der Waals surface area contributed by atoms with Gasteiger partial charge in [-0.05, 0) is 76.9 Å². The Morgan fingerprint density at radius 2 is 1.62 bits per heavy atom. The molecule has 0 saturated heterocycles. The zero-order chi connectivity index (χ0) is 31.4. The van der Waals surface area contributed by atoms with Crippen molar-refractivity contribution in [1.29, 1.82) is 0 Å². The molecule has 14 heteroatoms. The maximum absolute atomic E-state index is 13.0. The van der Waals surface area contributed by atoms with E-state index in [1.165, 1.54) is 7.05 Å². The minimum absolute atomic E-state index is 0.0343. The summed E-state index contributed by atoms with van der Waals surface area (Å²) < 4.78 is 48.3. The number of rotatable bonds is 12. The van der Waals surface area contributed by atoms with Crippen molar-refractivity contribution < 1.29 is 41.3 Å². The summed E-state index contributed by atoms with van der Waals surface area (Å²) in [5, 5.41) is 9.63. The van der Waals surface area contributed by atoms with Crippen LogP contribution in [0.1, 0.15) is 50.9 Å². The molecule has 0 atom stereocenters. The second-order valence-electron chi connectivity index (χ2n) is 9.80. The van der Waals surface area contributed by atoms with Gasteiger partial charge in [-0.3, -0.25) is 14.7 Å². The van der Waals surface area contributed by atoms with Crippen molar-refractivity contribution in [3.05, 3.63) is 42.0 Å². The predicted molar refractivity (Wildman–Crippen MR) is 159 cm³/mol. The zero-order valence-electron chi connectivity index (χ0n) is 25.0. The third kappa shape index (κ3) is 10.7. The Hall–Kier alpha value is -4.04. The predicted octanol–water partition coefficient (Wildman–Crippen LogP) is 4.59. The Labute approximate surface area is 246 Å². The van der Waals surface area contributed by atoms with Gasteiger partial charge in [-0.1, -0.05) is 5.16 Å². The van der Waals surface area contributed by atoms with E-state index in [1.807, 2.05) is 32.6 Å². The molecule has 3 aromatic rings. The van der Waals surface area contributed by atoms with Gasteiger partial charge in [0.2, 0.25) is 0 Å². The quantitative estimate of drug-likeness (QED) is 0.195. The lowest BCUT2D eigenvalue weighted by atomic mass is 10.1. The van der Waals surface area contributed by atoms with Crippen molar-refractivity contribution in [2.45, 2.75) is 52.6 Å². The molecule has 0 aliphatic heterocycles. The number of unbranched alkanes of at least 4 members (excludes halogenated alkanes) is 1. The molecule has 0 fully saturated rings. The number of carbonyl (C=O) groups excluding carboxylic acids is 2. The summed E-state index contributed by atoms with van der Waals surface area (Å²) >= 11 is 0. The highest BCUT2D eigenvalue weighted by atomic mass is 32.2. The highest BCUT2D eigenvalue weighted by Gasteiger charge is 2.22. The van der Waals surface area contributed by atoms with Crippen molar-refractivity contribution in [2.75, 3.05) is 38.9 Å². The number of amides is 3. The number of hydrogen-bond acceptors (Lipinski definition) is 9. The number of hydrogen-bond donors (Lipinski definition) is 3. The highest BCUT2D eigenvalue weighted by Crippen LogP contribution is 2.30. The Kier molecular flexibility index (Phi) is 12.9. The fraction of sp³-hybridized carbons (Fsp3) is 0.464. The van der Waals surface area contributed by atoms with Gasteiger partial charge >= 0.3 is 6.03 Å². The van der Waals surface area contributed by atoms with Crippen LogP contribution in [0.4, 0.5) is 10.6 Å². The van der Waals surface area contributed by atoms with E-state index in [0.717, 1.165) is 12.8 Å². The summed E-state index contributed by atoms with van der Waals surface area (Å²) in [7, 11) is -0.578. The number of anilines is 1. The molecular weight excluding hydrogens is 568 g/mol. The van der Waals surface area contributed by atoms with Crippen molar-refractivity contribution in [3.8, 4) is 17.2 Å². The van der Waals surface area contributed by atoms with Crippen LogP contribution in [0.3, 0.4) is 0 Å². The first-order chi connectivity index (χ1) is 19.7. The maximum Gasteiger partial charge on any atom is 0.320 e. The number of methoxy groups -OCH3 is 1. The number of ether oxygens (including phenoxy) is 3. The lowest BCUT2D eigenvalue weighted by molar-refractivity contribution is 0.0643. The fourth-order valence-electron chi connectivity index (χ4n) is 3.98. The standard InChI is InChI=1S/C27H36N4O6.CH4O3S/c1-17(2)31(18(3)4)26(32)19-9-11-23(24(15-19)34-6)36-14-8-7-13-35-20-10-12-22-21(16-20)25(30-37-22)29-27(33)28-5;1-5(2,3)4/h9-12,15-18H,7-8,13-14H2,1-6H3,(H2,28,29,30,33);1H3,(H,2,3,4). The number of nitrogens with zero attached hydrogens (tertiary/aromatic N) is 2. The summed E-state index contributed by atoms with van der Waals surface area (Å²) in [6.45, 7) is 8.98. The third-order valence-corrected chi connectivity index (χ3v) is 5.72. The van der Waals surface area contributed by atoms with Crippen LogP contribution in [0, 0.1) is 0 Å². The molecule has 0 radical (unpaired) electrons. The van der Waals surface area contributed by atoms with Crippen LogP contribution >= 0.6 is 0 Å². The van der Waals surface area contributed by atoms with E-state index >= 15 is 0 Å². The molecule has 0 aliphatic rings. The summed E-state index contributed by atoms with van der Waals surface area (Å²) in [5.74, 6) is 2.06. The highest BCUT2D eigenvalue weighted by molar-refractivity contribution is 7.85. The number of fused-ring (bicyclic) bond motifs is 1. The van der Waals surface area contributed by atoms with Gasteiger partial charge < -0.3 is 29.0 Å². The first-order valence-electron chi connectivity index (χ1n) is 13.3. The largest absolute Gasteiger partial charge is 0.494 e. The van der Waals surface area contributed by atoms with Gasteiger partial charge in [-0.15, -0.1) is 0 Å². The summed E-state index contributed by atoms with van der Waals surface area (Å²) in [6, 6.07) is 10.4. The number of aromatic nitrogens is 1. The first-order valence-corrected chi connectivity index (χ1v) is 15.2. The van der Waals surface area contributed by atoms with Gasteiger partial charge in [0.25, 0.3) is 16.0 Å². The van der Waals surface area contributed by atoms with E-state index in [2.05, 4.69) is 15.8 Å². The minimum atomic E-state index is -3.67. The molecule has 13 nitrogen and oxygen atoms in total. The normalized spacial score (nSPS) is 11.1. The average Bonchev–Trinajstić information content (AvgIpc) is 3.30. The molecule has 0 spiro atoms. The molecule has 0 unspecified atom stereocenters. The monoisotopic (exact) mass is 608 g/mol. The van der Waals surface area contributed by atoms with E-state index in [4.69, 9.17) is 23.3 Å². The fourth-order valence-corrected chi connectivity index (χ4v) is 3.98. The van der Waals surface area contributed by atoms with Crippen molar-refractivity contribution in [1.82, 2.24) is 15.4 Å². The molecule has 3 amide bonds. The molecule has 3 N–H and O–H groups in total. The van der Waals surface area contributed by atoms with Gasteiger partial charge in [-0.2, -0.15) is 8.42 Å². The van der Waals surface area contributed by atoms with Crippen molar-refractivity contribution in [3.63, 3.8) is 0 Å². The topological polar surface area (TPSA) is 170 Å². The number of urea groups is 1. The Balaban J connectivity index is 0.00000113. The SMILES string of the molecule is CNC(=O)Nc1noc2ccc(OCCCCOc3ccc(C(=O)N(C(C)C)C(C)C)cc3OC)cc12.CS(=O)(=O)O. The summed E-state index contributed by atoms with van der Waals surface area (Å²) in [6.07, 6.45) is 2.24. The van der Waals surface area contributed by atoms with E-state index in [0.29, 0.717) is 59.1 Å². The van der Waals surface area contributed by atoms with Gasteiger partial charge in [-0.25, -0.2) is 4.79 Å².